The van der Waals surface area contributed by atoms with Gasteiger partial charge in [-0.25, -0.2) is 4.98 Å². The van der Waals surface area contributed by atoms with Crippen molar-refractivity contribution in [3.8, 4) is 5.75 Å². The summed E-state index contributed by atoms with van der Waals surface area (Å²) in [7, 11) is 0. The maximum atomic E-state index is 6.22. The fourth-order valence-electron chi connectivity index (χ4n) is 2.18. The lowest BCUT2D eigenvalue weighted by Gasteiger charge is -2.29. The molecule has 1 aliphatic rings. The Morgan fingerprint density at radius 2 is 2.33 bits per heavy atom. The van der Waals surface area contributed by atoms with E-state index < -0.39 is 0 Å². The van der Waals surface area contributed by atoms with Gasteiger partial charge in [-0.3, -0.25) is 0 Å². The van der Waals surface area contributed by atoms with Crippen molar-refractivity contribution < 1.29 is 4.74 Å². The number of aryl methyl sites for hydroxylation is 1. The molecule has 2 N–H and O–H groups in total. The minimum absolute atomic E-state index is 0.00161. The first-order chi connectivity index (χ1) is 8.63. The second-order valence-electron chi connectivity index (χ2n) is 4.42. The van der Waals surface area contributed by atoms with Crippen LogP contribution < -0.4 is 10.5 Å². The number of aromatic nitrogens is 1. The third-order valence-electron chi connectivity index (χ3n) is 3.08. The van der Waals surface area contributed by atoms with Gasteiger partial charge in [-0.1, -0.05) is 15.9 Å². The molecule has 1 aliphatic heterocycles. The zero-order valence-electron chi connectivity index (χ0n) is 9.89. The highest BCUT2D eigenvalue weighted by molar-refractivity contribution is 9.10. The third-order valence-corrected chi connectivity index (χ3v) is 4.36. The molecule has 3 rings (SSSR count). The predicted molar refractivity (Wildman–Crippen MR) is 75.9 cm³/mol. The van der Waals surface area contributed by atoms with Gasteiger partial charge < -0.3 is 10.5 Å². The fraction of sp³-hybridized carbons (Fsp3) is 0.308. The zero-order valence-corrected chi connectivity index (χ0v) is 12.3. The minimum atomic E-state index is -0.0291. The number of ether oxygens (including phenoxy) is 1. The average Bonchev–Trinajstić information content (AvgIpc) is 2.77. The van der Waals surface area contributed by atoms with E-state index >= 15 is 0 Å². The van der Waals surface area contributed by atoms with Crippen LogP contribution in [0, 0.1) is 6.92 Å². The summed E-state index contributed by atoms with van der Waals surface area (Å²) in [4.78, 5) is 4.49. The van der Waals surface area contributed by atoms with Gasteiger partial charge >= 0.3 is 0 Å². The first-order valence-corrected chi connectivity index (χ1v) is 7.44. The molecule has 3 nitrogen and oxygen atoms in total. The van der Waals surface area contributed by atoms with Gasteiger partial charge in [0, 0.05) is 27.9 Å². The molecule has 2 aromatic rings. The van der Waals surface area contributed by atoms with Crippen LogP contribution in [0.1, 0.15) is 34.8 Å². The van der Waals surface area contributed by atoms with Crippen molar-refractivity contribution in [2.75, 3.05) is 0 Å². The van der Waals surface area contributed by atoms with Gasteiger partial charge in [0.15, 0.2) is 0 Å². The van der Waals surface area contributed by atoms with E-state index in [1.54, 1.807) is 11.3 Å². The number of nitrogens with zero attached hydrogens (tertiary/aromatic N) is 1. The standard InChI is InChI=1S/C13H13BrN2OS/c1-7-16-11(6-18-7)13-5-10(15)9-4-8(14)2-3-12(9)17-13/h2-4,6,10,13H,5,15H2,1H3. The van der Waals surface area contributed by atoms with E-state index in [1.807, 2.05) is 25.1 Å². The molecule has 0 saturated heterocycles. The quantitative estimate of drug-likeness (QED) is 0.869. The Balaban J connectivity index is 1.94. The SMILES string of the molecule is Cc1nc(C2CC(N)c3cc(Br)ccc3O2)cs1. The Kier molecular flexibility index (Phi) is 3.13. The smallest absolute Gasteiger partial charge is 0.143 e. The number of nitrogens with two attached hydrogens (primary N) is 1. The maximum Gasteiger partial charge on any atom is 0.143 e. The number of halogens is 1. The molecule has 94 valence electrons. The van der Waals surface area contributed by atoms with Crippen LogP contribution in [-0.2, 0) is 0 Å². The molecule has 0 aliphatic carbocycles. The normalized spacial score (nSPS) is 22.4. The number of fused-ring (bicyclic) bond motifs is 1. The molecule has 5 heteroatoms. The number of benzene rings is 1. The Bertz CT molecular complexity index is 584. The van der Waals surface area contributed by atoms with Gasteiger partial charge in [-0.05, 0) is 25.1 Å². The summed E-state index contributed by atoms with van der Waals surface area (Å²) in [5.41, 5.74) is 8.27. The number of hydrogen-bond acceptors (Lipinski definition) is 4. The first-order valence-electron chi connectivity index (χ1n) is 5.77. The molecule has 1 aromatic heterocycles. The van der Waals surface area contributed by atoms with Crippen molar-refractivity contribution >= 4 is 27.3 Å². The van der Waals surface area contributed by atoms with Gasteiger partial charge in [0.1, 0.15) is 11.9 Å². The summed E-state index contributed by atoms with van der Waals surface area (Å²) in [6.45, 7) is 2.00. The van der Waals surface area contributed by atoms with Crippen LogP contribution in [0.5, 0.6) is 5.75 Å². The van der Waals surface area contributed by atoms with Gasteiger partial charge in [-0.2, -0.15) is 0 Å². The van der Waals surface area contributed by atoms with E-state index in [1.165, 1.54) is 0 Å². The van der Waals surface area contributed by atoms with Gasteiger partial charge in [0.2, 0.25) is 0 Å². The highest BCUT2D eigenvalue weighted by Gasteiger charge is 2.28. The van der Waals surface area contributed by atoms with Crippen LogP contribution in [0.4, 0.5) is 0 Å². The lowest BCUT2D eigenvalue weighted by Crippen LogP contribution is -2.24. The first kappa shape index (κ1) is 12.1. The Morgan fingerprint density at radius 1 is 1.50 bits per heavy atom. The van der Waals surface area contributed by atoms with Crippen molar-refractivity contribution in [3.63, 3.8) is 0 Å². The van der Waals surface area contributed by atoms with Gasteiger partial charge in [-0.15, -0.1) is 11.3 Å². The second kappa shape index (κ2) is 4.64. The van der Waals surface area contributed by atoms with E-state index in [9.17, 15) is 0 Å². The Labute approximate surface area is 118 Å². The Morgan fingerprint density at radius 3 is 3.06 bits per heavy atom. The fourth-order valence-corrected chi connectivity index (χ4v) is 3.22. The van der Waals surface area contributed by atoms with Crippen molar-refractivity contribution in [2.45, 2.75) is 25.5 Å². The molecule has 18 heavy (non-hydrogen) atoms. The van der Waals surface area contributed by atoms with Crippen molar-refractivity contribution in [3.05, 3.63) is 44.3 Å². The highest BCUT2D eigenvalue weighted by atomic mass is 79.9. The lowest BCUT2D eigenvalue weighted by atomic mass is 9.96. The summed E-state index contributed by atoms with van der Waals surface area (Å²) < 4.78 is 7.03. The van der Waals surface area contributed by atoms with Crippen molar-refractivity contribution in [1.82, 2.24) is 4.98 Å². The highest BCUT2D eigenvalue weighted by Crippen LogP contribution is 2.40. The number of thiazole rings is 1. The number of rotatable bonds is 1. The molecule has 2 atom stereocenters. The predicted octanol–water partition coefficient (Wildman–Crippen LogP) is 3.74. The maximum absolute atomic E-state index is 6.22. The molecule has 0 spiro atoms. The third kappa shape index (κ3) is 2.18. The molecule has 0 amide bonds. The van der Waals surface area contributed by atoms with Crippen molar-refractivity contribution in [1.29, 1.82) is 0 Å². The monoisotopic (exact) mass is 324 g/mol. The van der Waals surface area contributed by atoms with Crippen LogP contribution in [0.15, 0.2) is 28.1 Å². The molecule has 0 bridgehead atoms. The van der Waals surface area contributed by atoms with E-state index in [4.69, 9.17) is 10.5 Å². The number of hydrogen-bond donors (Lipinski definition) is 1. The van der Waals surface area contributed by atoms with Crippen LogP contribution in [0.25, 0.3) is 0 Å². The summed E-state index contributed by atoms with van der Waals surface area (Å²) in [6.07, 6.45) is 0.741. The molecule has 0 radical (unpaired) electrons. The summed E-state index contributed by atoms with van der Waals surface area (Å²) >= 11 is 5.10. The molecule has 0 saturated carbocycles. The van der Waals surface area contributed by atoms with Crippen LogP contribution >= 0.6 is 27.3 Å². The minimum Gasteiger partial charge on any atom is -0.484 e. The Hall–Kier alpha value is -0.910. The second-order valence-corrected chi connectivity index (χ2v) is 6.40. The molecule has 2 unspecified atom stereocenters. The molecule has 2 heterocycles. The van der Waals surface area contributed by atoms with E-state index in [2.05, 4.69) is 26.3 Å². The topological polar surface area (TPSA) is 48.1 Å². The largest absolute Gasteiger partial charge is 0.484 e. The van der Waals surface area contributed by atoms with E-state index in [-0.39, 0.29) is 12.1 Å². The summed E-state index contributed by atoms with van der Waals surface area (Å²) in [5.74, 6) is 0.868. The van der Waals surface area contributed by atoms with Crippen LogP contribution in [-0.4, -0.2) is 4.98 Å². The van der Waals surface area contributed by atoms with E-state index in [0.29, 0.717) is 0 Å². The van der Waals surface area contributed by atoms with Crippen LogP contribution in [0.3, 0.4) is 0 Å². The van der Waals surface area contributed by atoms with E-state index in [0.717, 1.165) is 32.9 Å². The summed E-state index contributed by atoms with van der Waals surface area (Å²) in [6, 6.07) is 5.96. The molecular formula is C13H13BrN2OS. The van der Waals surface area contributed by atoms with Crippen LogP contribution in [0.2, 0.25) is 0 Å². The molecular weight excluding hydrogens is 312 g/mol. The lowest BCUT2D eigenvalue weighted by molar-refractivity contribution is 0.158. The van der Waals surface area contributed by atoms with Gasteiger partial charge in [0.25, 0.3) is 0 Å². The molecule has 1 aromatic carbocycles. The average molecular weight is 325 g/mol. The van der Waals surface area contributed by atoms with Crippen molar-refractivity contribution in [2.24, 2.45) is 5.73 Å². The molecule has 0 fully saturated rings. The zero-order chi connectivity index (χ0) is 12.7. The summed E-state index contributed by atoms with van der Waals surface area (Å²) in [5, 5.41) is 3.11. The van der Waals surface area contributed by atoms with Gasteiger partial charge in [0.05, 0.1) is 10.7 Å².